The molecule has 0 saturated carbocycles. The van der Waals surface area contributed by atoms with Crippen LogP contribution in [0.2, 0.25) is 0 Å². The lowest BCUT2D eigenvalue weighted by Crippen LogP contribution is -2.14. The Kier molecular flexibility index (Phi) is 4.92. The second-order valence-electron chi connectivity index (χ2n) is 4.16. The molecule has 0 aliphatic heterocycles. The largest absolute Gasteiger partial charge is 0.392 e. The third kappa shape index (κ3) is 3.90. The highest BCUT2D eigenvalue weighted by Gasteiger charge is 2.09. The van der Waals surface area contributed by atoms with Crippen LogP contribution in [0.4, 0.5) is 0 Å². The summed E-state index contributed by atoms with van der Waals surface area (Å²) in [4.78, 5) is 4.09. The van der Waals surface area contributed by atoms with Gasteiger partial charge in [0.25, 0.3) is 0 Å². The second kappa shape index (κ2) is 6.45. The van der Waals surface area contributed by atoms with E-state index in [0.29, 0.717) is 12.8 Å². The summed E-state index contributed by atoms with van der Waals surface area (Å²) < 4.78 is 1.98. The van der Waals surface area contributed by atoms with Crippen molar-refractivity contribution >= 4 is 31.9 Å². The molecular formula is C14H13Br2NO. The molecule has 1 aromatic carbocycles. The summed E-state index contributed by atoms with van der Waals surface area (Å²) in [6.45, 7) is 0. The van der Waals surface area contributed by atoms with Gasteiger partial charge in [-0.25, -0.2) is 0 Å². The van der Waals surface area contributed by atoms with Gasteiger partial charge >= 0.3 is 0 Å². The SMILES string of the molecule is OC(Cc1cncc(Br)c1)Cc1ccccc1Br. The molecule has 18 heavy (non-hydrogen) atoms. The first kappa shape index (κ1) is 13.7. The molecule has 1 heterocycles. The number of rotatable bonds is 4. The molecule has 1 aromatic heterocycles. The minimum atomic E-state index is -0.403. The summed E-state index contributed by atoms with van der Waals surface area (Å²) in [5.41, 5.74) is 2.15. The molecule has 1 atom stereocenters. The van der Waals surface area contributed by atoms with Gasteiger partial charge in [-0.1, -0.05) is 34.1 Å². The Morgan fingerprint density at radius 2 is 1.89 bits per heavy atom. The van der Waals surface area contributed by atoms with Crippen molar-refractivity contribution in [3.8, 4) is 0 Å². The highest BCUT2D eigenvalue weighted by Crippen LogP contribution is 2.19. The average molecular weight is 371 g/mol. The minimum absolute atomic E-state index is 0.403. The van der Waals surface area contributed by atoms with Crippen LogP contribution in [0.1, 0.15) is 11.1 Å². The number of hydrogen-bond donors (Lipinski definition) is 1. The number of halogens is 2. The maximum atomic E-state index is 10.1. The topological polar surface area (TPSA) is 33.1 Å². The lowest BCUT2D eigenvalue weighted by atomic mass is 10.0. The first-order chi connectivity index (χ1) is 8.65. The maximum Gasteiger partial charge on any atom is 0.0621 e. The van der Waals surface area contributed by atoms with Crippen LogP contribution in [0.15, 0.2) is 51.7 Å². The third-order valence-electron chi connectivity index (χ3n) is 2.65. The Balaban J connectivity index is 2.01. The van der Waals surface area contributed by atoms with Gasteiger partial charge in [0.05, 0.1) is 6.10 Å². The number of aliphatic hydroxyl groups is 1. The van der Waals surface area contributed by atoms with Gasteiger partial charge in [0, 0.05) is 27.8 Å². The van der Waals surface area contributed by atoms with Crippen LogP contribution in [0.25, 0.3) is 0 Å². The van der Waals surface area contributed by atoms with Gasteiger partial charge in [-0.3, -0.25) is 4.98 Å². The lowest BCUT2D eigenvalue weighted by molar-refractivity contribution is 0.175. The van der Waals surface area contributed by atoms with Gasteiger partial charge in [0.2, 0.25) is 0 Å². The number of aliphatic hydroxyl groups excluding tert-OH is 1. The lowest BCUT2D eigenvalue weighted by Gasteiger charge is -2.12. The molecule has 1 unspecified atom stereocenters. The van der Waals surface area contributed by atoms with E-state index in [0.717, 1.165) is 20.1 Å². The van der Waals surface area contributed by atoms with Crippen molar-refractivity contribution in [3.05, 3.63) is 62.8 Å². The molecule has 94 valence electrons. The Morgan fingerprint density at radius 1 is 1.11 bits per heavy atom. The summed E-state index contributed by atoms with van der Waals surface area (Å²) in [6.07, 6.45) is 4.36. The molecule has 4 heteroatoms. The monoisotopic (exact) mass is 369 g/mol. The highest BCUT2D eigenvalue weighted by atomic mass is 79.9. The van der Waals surface area contributed by atoms with Crippen molar-refractivity contribution in [2.75, 3.05) is 0 Å². The van der Waals surface area contributed by atoms with Crippen molar-refractivity contribution in [2.45, 2.75) is 18.9 Å². The molecule has 1 N–H and O–H groups in total. The number of hydrogen-bond acceptors (Lipinski definition) is 2. The van der Waals surface area contributed by atoms with Gasteiger partial charge in [-0.15, -0.1) is 0 Å². The summed E-state index contributed by atoms with van der Waals surface area (Å²) >= 11 is 6.87. The average Bonchev–Trinajstić information content (AvgIpc) is 2.32. The van der Waals surface area contributed by atoms with Gasteiger partial charge in [0.15, 0.2) is 0 Å². The fourth-order valence-electron chi connectivity index (χ4n) is 1.83. The molecule has 0 fully saturated rings. The van der Waals surface area contributed by atoms with Crippen LogP contribution >= 0.6 is 31.9 Å². The molecule has 0 bridgehead atoms. The molecule has 2 rings (SSSR count). The van der Waals surface area contributed by atoms with Crippen LogP contribution in [0, 0.1) is 0 Å². The predicted octanol–water partition coefficient (Wildman–Crippen LogP) is 3.75. The number of benzene rings is 1. The summed E-state index contributed by atoms with van der Waals surface area (Å²) in [5, 5.41) is 10.1. The molecule has 0 spiro atoms. The first-order valence-corrected chi connectivity index (χ1v) is 7.24. The fourth-order valence-corrected chi connectivity index (χ4v) is 2.69. The van der Waals surface area contributed by atoms with E-state index in [-0.39, 0.29) is 0 Å². The van der Waals surface area contributed by atoms with Gasteiger partial charge < -0.3 is 5.11 Å². The standard InChI is InChI=1S/C14H13Br2NO/c15-12-5-10(8-17-9-12)6-13(18)7-11-3-1-2-4-14(11)16/h1-5,8-9,13,18H,6-7H2. The van der Waals surface area contributed by atoms with Gasteiger partial charge in [0.1, 0.15) is 0 Å². The smallest absolute Gasteiger partial charge is 0.0621 e. The maximum absolute atomic E-state index is 10.1. The molecule has 0 saturated heterocycles. The highest BCUT2D eigenvalue weighted by molar-refractivity contribution is 9.10. The van der Waals surface area contributed by atoms with E-state index in [1.54, 1.807) is 12.4 Å². The van der Waals surface area contributed by atoms with Crippen LogP contribution in [0.5, 0.6) is 0 Å². The third-order valence-corrected chi connectivity index (χ3v) is 3.85. The zero-order valence-electron chi connectivity index (χ0n) is 9.68. The number of aromatic nitrogens is 1. The van der Waals surface area contributed by atoms with Crippen molar-refractivity contribution in [2.24, 2.45) is 0 Å². The normalized spacial score (nSPS) is 12.4. The number of nitrogens with zero attached hydrogens (tertiary/aromatic N) is 1. The van der Waals surface area contributed by atoms with Gasteiger partial charge in [-0.05, 0) is 45.6 Å². The number of pyridine rings is 1. The van der Waals surface area contributed by atoms with Crippen molar-refractivity contribution in [1.82, 2.24) is 4.98 Å². The molecular weight excluding hydrogens is 358 g/mol. The molecule has 0 radical (unpaired) electrons. The Labute approximate surface area is 123 Å². The minimum Gasteiger partial charge on any atom is -0.392 e. The molecule has 2 aromatic rings. The predicted molar refractivity (Wildman–Crippen MR) is 79.5 cm³/mol. The Morgan fingerprint density at radius 3 is 2.61 bits per heavy atom. The van der Waals surface area contributed by atoms with Crippen molar-refractivity contribution in [1.29, 1.82) is 0 Å². The van der Waals surface area contributed by atoms with E-state index in [1.807, 2.05) is 30.3 Å². The van der Waals surface area contributed by atoms with E-state index >= 15 is 0 Å². The van der Waals surface area contributed by atoms with E-state index < -0.39 is 6.10 Å². The van der Waals surface area contributed by atoms with E-state index in [2.05, 4.69) is 36.8 Å². The molecule has 0 amide bonds. The summed E-state index contributed by atoms with van der Waals surface area (Å²) in [7, 11) is 0. The summed E-state index contributed by atoms with van der Waals surface area (Å²) in [5.74, 6) is 0. The van der Waals surface area contributed by atoms with Crippen molar-refractivity contribution in [3.63, 3.8) is 0 Å². The molecule has 2 nitrogen and oxygen atoms in total. The first-order valence-electron chi connectivity index (χ1n) is 5.66. The fraction of sp³-hybridized carbons (Fsp3) is 0.214. The second-order valence-corrected chi connectivity index (χ2v) is 5.93. The molecule has 0 aliphatic rings. The Bertz CT molecular complexity index is 531. The summed E-state index contributed by atoms with van der Waals surface area (Å²) in [6, 6.07) is 9.94. The van der Waals surface area contributed by atoms with E-state index in [4.69, 9.17) is 0 Å². The molecule has 0 aliphatic carbocycles. The zero-order chi connectivity index (χ0) is 13.0. The Hall–Kier alpha value is -0.710. The van der Waals surface area contributed by atoms with Crippen molar-refractivity contribution < 1.29 is 5.11 Å². The van der Waals surface area contributed by atoms with E-state index in [9.17, 15) is 5.11 Å². The van der Waals surface area contributed by atoms with Gasteiger partial charge in [-0.2, -0.15) is 0 Å². The van der Waals surface area contributed by atoms with Crippen LogP contribution in [-0.4, -0.2) is 16.2 Å². The quantitative estimate of drug-likeness (QED) is 0.888. The zero-order valence-corrected chi connectivity index (χ0v) is 12.9. The van der Waals surface area contributed by atoms with E-state index in [1.165, 1.54) is 0 Å². The van der Waals surface area contributed by atoms with Crippen LogP contribution in [0.3, 0.4) is 0 Å². The van der Waals surface area contributed by atoms with Crippen LogP contribution < -0.4 is 0 Å². The van der Waals surface area contributed by atoms with Crippen LogP contribution in [-0.2, 0) is 12.8 Å².